The molecule has 3 rings (SSSR count). The number of aryl methyl sites for hydroxylation is 1. The summed E-state index contributed by atoms with van der Waals surface area (Å²) in [6, 6.07) is 7.42. The number of carbonyl (C=O) groups excluding carboxylic acids is 1. The predicted molar refractivity (Wildman–Crippen MR) is 97.2 cm³/mol. The molecule has 1 aromatic carbocycles. The number of hydrogen-bond acceptors (Lipinski definition) is 5. The minimum Gasteiger partial charge on any atom is -0.497 e. The van der Waals surface area contributed by atoms with Gasteiger partial charge in [-0.3, -0.25) is 14.2 Å². The maximum atomic E-state index is 12.5. The maximum absolute atomic E-state index is 12.5. The van der Waals surface area contributed by atoms with E-state index < -0.39 is 0 Å². The van der Waals surface area contributed by atoms with Crippen LogP contribution in [0, 0.1) is 13.8 Å². The normalized spacial score (nSPS) is 15.7. The standard InChI is InChI=1S/C18H21N3O3S/c1-11-12(2)20-18-21(17(11)23)14(10-25-18)8-16(22)19-9-13-4-6-15(24-3)7-5-13/h4-7,14H,8-10H2,1-3H3,(H,19,22). The molecule has 1 aliphatic heterocycles. The van der Waals surface area contributed by atoms with Gasteiger partial charge in [0.15, 0.2) is 5.16 Å². The fraction of sp³-hybridized carbons (Fsp3) is 0.389. The summed E-state index contributed by atoms with van der Waals surface area (Å²) < 4.78 is 6.78. The largest absolute Gasteiger partial charge is 0.497 e. The van der Waals surface area contributed by atoms with Crippen molar-refractivity contribution in [2.75, 3.05) is 12.9 Å². The third kappa shape index (κ3) is 3.71. The summed E-state index contributed by atoms with van der Waals surface area (Å²) in [5.74, 6) is 1.41. The van der Waals surface area contributed by atoms with E-state index in [0.717, 1.165) is 17.0 Å². The topological polar surface area (TPSA) is 73.2 Å². The Bertz CT molecular complexity index is 846. The summed E-state index contributed by atoms with van der Waals surface area (Å²) >= 11 is 1.53. The first-order valence-corrected chi connectivity index (χ1v) is 9.10. The maximum Gasteiger partial charge on any atom is 0.257 e. The lowest BCUT2D eigenvalue weighted by Gasteiger charge is -2.14. The summed E-state index contributed by atoms with van der Waals surface area (Å²) in [6.07, 6.45) is 0.278. The zero-order valence-corrected chi connectivity index (χ0v) is 15.4. The molecule has 1 aromatic heterocycles. The van der Waals surface area contributed by atoms with Crippen molar-refractivity contribution < 1.29 is 9.53 Å². The number of fused-ring (bicyclic) bond motifs is 1. The van der Waals surface area contributed by atoms with Crippen LogP contribution < -0.4 is 15.6 Å². The highest BCUT2D eigenvalue weighted by Crippen LogP contribution is 2.32. The van der Waals surface area contributed by atoms with Gasteiger partial charge in [0, 0.05) is 30.0 Å². The highest BCUT2D eigenvalue weighted by molar-refractivity contribution is 7.99. The molecular formula is C18H21N3O3S. The molecule has 1 aliphatic rings. The van der Waals surface area contributed by atoms with Gasteiger partial charge in [0.1, 0.15) is 5.75 Å². The third-order valence-corrected chi connectivity index (χ3v) is 5.49. The monoisotopic (exact) mass is 359 g/mol. The number of nitrogens with one attached hydrogen (secondary N) is 1. The summed E-state index contributed by atoms with van der Waals surface area (Å²) in [6.45, 7) is 4.07. The van der Waals surface area contributed by atoms with Gasteiger partial charge >= 0.3 is 0 Å². The molecule has 0 spiro atoms. The molecule has 7 heteroatoms. The van der Waals surface area contributed by atoms with Crippen LogP contribution in [0.15, 0.2) is 34.2 Å². The van der Waals surface area contributed by atoms with Crippen molar-refractivity contribution in [3.63, 3.8) is 0 Å². The zero-order valence-electron chi connectivity index (χ0n) is 14.5. The number of amides is 1. The average Bonchev–Trinajstić information content (AvgIpc) is 3.00. The van der Waals surface area contributed by atoms with Crippen LogP contribution in [0.25, 0.3) is 0 Å². The third-order valence-electron chi connectivity index (χ3n) is 4.39. The van der Waals surface area contributed by atoms with Crippen LogP contribution in [0.1, 0.15) is 29.3 Å². The number of rotatable bonds is 5. The van der Waals surface area contributed by atoms with Crippen LogP contribution >= 0.6 is 11.8 Å². The van der Waals surface area contributed by atoms with Gasteiger partial charge in [0.05, 0.1) is 13.2 Å². The van der Waals surface area contributed by atoms with E-state index in [1.54, 1.807) is 18.6 Å². The summed E-state index contributed by atoms with van der Waals surface area (Å²) in [4.78, 5) is 29.2. The SMILES string of the molecule is COc1ccc(CNC(=O)CC2CSc3nc(C)c(C)c(=O)n32)cc1. The van der Waals surface area contributed by atoms with Gasteiger partial charge in [0.2, 0.25) is 5.91 Å². The van der Waals surface area contributed by atoms with Crippen molar-refractivity contribution in [1.29, 1.82) is 0 Å². The van der Waals surface area contributed by atoms with Crippen LogP contribution in [0.4, 0.5) is 0 Å². The highest BCUT2D eigenvalue weighted by atomic mass is 32.2. The summed E-state index contributed by atoms with van der Waals surface area (Å²) in [7, 11) is 1.62. The van der Waals surface area contributed by atoms with E-state index in [0.29, 0.717) is 23.0 Å². The number of hydrogen-bond donors (Lipinski definition) is 1. The van der Waals surface area contributed by atoms with E-state index in [2.05, 4.69) is 10.3 Å². The molecular weight excluding hydrogens is 338 g/mol. The smallest absolute Gasteiger partial charge is 0.257 e. The Hall–Kier alpha value is -2.28. The average molecular weight is 359 g/mol. The van der Waals surface area contributed by atoms with Crippen molar-refractivity contribution in [3.05, 3.63) is 51.4 Å². The molecule has 1 amide bonds. The van der Waals surface area contributed by atoms with Crippen molar-refractivity contribution in [3.8, 4) is 5.75 Å². The van der Waals surface area contributed by atoms with Crippen LogP contribution in [-0.2, 0) is 11.3 Å². The number of carbonyl (C=O) groups is 1. The molecule has 0 saturated heterocycles. The first kappa shape index (κ1) is 17.5. The van der Waals surface area contributed by atoms with E-state index in [-0.39, 0.29) is 23.9 Å². The van der Waals surface area contributed by atoms with Gasteiger partial charge in [-0.2, -0.15) is 0 Å². The number of benzene rings is 1. The van der Waals surface area contributed by atoms with Gasteiger partial charge in [0.25, 0.3) is 5.56 Å². The second kappa shape index (κ2) is 7.31. The van der Waals surface area contributed by atoms with E-state index in [1.807, 2.05) is 31.2 Å². The van der Waals surface area contributed by atoms with E-state index >= 15 is 0 Å². The second-order valence-corrected chi connectivity index (χ2v) is 7.06. The second-order valence-electron chi connectivity index (χ2n) is 6.07. The van der Waals surface area contributed by atoms with Crippen LogP contribution in [0.5, 0.6) is 5.75 Å². The minimum atomic E-state index is -0.143. The van der Waals surface area contributed by atoms with Crippen molar-refractivity contribution in [2.24, 2.45) is 0 Å². The Morgan fingerprint density at radius 3 is 2.76 bits per heavy atom. The number of thioether (sulfide) groups is 1. The number of nitrogens with zero attached hydrogens (tertiary/aromatic N) is 2. The number of aromatic nitrogens is 2. The number of ether oxygens (including phenoxy) is 1. The molecule has 2 heterocycles. The molecule has 132 valence electrons. The Labute approximate surface area is 150 Å². The van der Waals surface area contributed by atoms with Crippen molar-refractivity contribution in [1.82, 2.24) is 14.9 Å². The van der Waals surface area contributed by atoms with Crippen molar-refractivity contribution in [2.45, 2.75) is 38.0 Å². The Balaban J connectivity index is 1.63. The van der Waals surface area contributed by atoms with Crippen LogP contribution in [0.2, 0.25) is 0 Å². The lowest BCUT2D eigenvalue weighted by atomic mass is 10.2. The lowest BCUT2D eigenvalue weighted by molar-refractivity contribution is -0.121. The quantitative estimate of drug-likeness (QED) is 0.829. The fourth-order valence-corrected chi connectivity index (χ4v) is 3.93. The van der Waals surface area contributed by atoms with Gasteiger partial charge in [-0.15, -0.1) is 0 Å². The van der Waals surface area contributed by atoms with Gasteiger partial charge in [-0.05, 0) is 31.5 Å². The summed E-state index contributed by atoms with van der Waals surface area (Å²) in [5, 5.41) is 3.62. The Morgan fingerprint density at radius 2 is 2.08 bits per heavy atom. The Morgan fingerprint density at radius 1 is 1.36 bits per heavy atom. The van der Waals surface area contributed by atoms with Crippen LogP contribution in [-0.4, -0.2) is 28.3 Å². The molecule has 2 aromatic rings. The van der Waals surface area contributed by atoms with Gasteiger partial charge in [-0.25, -0.2) is 4.98 Å². The van der Waals surface area contributed by atoms with Crippen molar-refractivity contribution >= 4 is 17.7 Å². The molecule has 0 radical (unpaired) electrons. The van der Waals surface area contributed by atoms with E-state index in [1.165, 1.54) is 11.8 Å². The molecule has 1 unspecified atom stereocenters. The minimum absolute atomic E-state index is 0.0412. The molecule has 1 N–H and O–H groups in total. The molecule has 0 saturated carbocycles. The lowest BCUT2D eigenvalue weighted by Crippen LogP contribution is -2.31. The molecule has 0 bridgehead atoms. The first-order valence-electron chi connectivity index (χ1n) is 8.11. The summed E-state index contributed by atoms with van der Waals surface area (Å²) in [5.41, 5.74) is 2.37. The van der Waals surface area contributed by atoms with Crippen LogP contribution in [0.3, 0.4) is 0 Å². The molecule has 0 aliphatic carbocycles. The molecule has 6 nitrogen and oxygen atoms in total. The van der Waals surface area contributed by atoms with E-state index in [4.69, 9.17) is 4.74 Å². The van der Waals surface area contributed by atoms with E-state index in [9.17, 15) is 9.59 Å². The molecule has 25 heavy (non-hydrogen) atoms. The predicted octanol–water partition coefficient (Wildman–Crippen LogP) is 2.22. The first-order chi connectivity index (χ1) is 12.0. The van der Waals surface area contributed by atoms with Gasteiger partial charge < -0.3 is 10.1 Å². The zero-order chi connectivity index (χ0) is 18.0. The Kier molecular flexibility index (Phi) is 5.13. The molecule has 0 fully saturated rings. The number of methoxy groups -OCH3 is 1. The highest BCUT2D eigenvalue weighted by Gasteiger charge is 2.28. The molecule has 1 atom stereocenters. The van der Waals surface area contributed by atoms with Gasteiger partial charge in [-0.1, -0.05) is 23.9 Å². The fourth-order valence-electron chi connectivity index (χ4n) is 2.75.